The van der Waals surface area contributed by atoms with Crippen LogP contribution < -0.4 is 5.32 Å². The smallest absolute Gasteiger partial charge is 0.222 e. The third-order valence-electron chi connectivity index (χ3n) is 4.35. The largest absolute Gasteiger partial charge is 0.340 e. The van der Waals surface area contributed by atoms with Crippen LogP contribution in [0.5, 0.6) is 0 Å². The van der Waals surface area contributed by atoms with E-state index in [1.807, 2.05) is 0 Å². The van der Waals surface area contributed by atoms with Gasteiger partial charge in [-0.3, -0.25) is 4.79 Å². The molecule has 106 valence electrons. The van der Waals surface area contributed by atoms with E-state index in [2.05, 4.69) is 17.1 Å². The highest BCUT2D eigenvalue weighted by Gasteiger charge is 2.23. The molecule has 0 bridgehead atoms. The van der Waals surface area contributed by atoms with Crippen molar-refractivity contribution in [3.05, 3.63) is 0 Å². The van der Waals surface area contributed by atoms with E-state index in [-0.39, 0.29) is 12.4 Å². The average molecular weight is 275 g/mol. The summed E-state index contributed by atoms with van der Waals surface area (Å²) < 4.78 is 0. The maximum atomic E-state index is 12.2. The quantitative estimate of drug-likeness (QED) is 0.858. The Labute approximate surface area is 117 Å². The molecule has 0 radical (unpaired) electrons. The number of carbonyl (C=O) groups is 1. The van der Waals surface area contributed by atoms with Gasteiger partial charge in [0.1, 0.15) is 0 Å². The van der Waals surface area contributed by atoms with Crippen molar-refractivity contribution >= 4 is 18.3 Å². The zero-order valence-corrected chi connectivity index (χ0v) is 12.3. The van der Waals surface area contributed by atoms with Crippen LogP contribution in [0, 0.1) is 5.92 Å². The number of hydrogen-bond acceptors (Lipinski definition) is 2. The van der Waals surface area contributed by atoms with Gasteiger partial charge in [0.2, 0.25) is 5.91 Å². The molecule has 0 aliphatic carbocycles. The maximum Gasteiger partial charge on any atom is 0.222 e. The maximum absolute atomic E-state index is 12.2. The van der Waals surface area contributed by atoms with Crippen LogP contribution in [0.3, 0.4) is 0 Å². The Morgan fingerprint density at radius 3 is 2.61 bits per heavy atom. The number of hydrogen-bond donors (Lipinski definition) is 1. The van der Waals surface area contributed by atoms with Crippen molar-refractivity contribution in [2.24, 2.45) is 5.92 Å². The predicted octanol–water partition coefficient (Wildman–Crippen LogP) is 2.59. The number of rotatable bonds is 3. The first-order valence-corrected chi connectivity index (χ1v) is 7.27. The van der Waals surface area contributed by atoms with Crippen molar-refractivity contribution in [3.8, 4) is 0 Å². The van der Waals surface area contributed by atoms with Crippen LogP contribution in [0.4, 0.5) is 0 Å². The first-order chi connectivity index (χ1) is 8.27. The van der Waals surface area contributed by atoms with Crippen LogP contribution in [0.2, 0.25) is 0 Å². The number of likely N-dealkylation sites (tertiary alicyclic amines) is 1. The molecular weight excluding hydrogens is 248 g/mol. The SMILES string of the molecule is CC1CCCCN1C(=O)CCC1CCNCC1.Cl. The molecule has 0 spiro atoms. The summed E-state index contributed by atoms with van der Waals surface area (Å²) in [6.45, 7) is 5.46. The second-order valence-electron chi connectivity index (χ2n) is 5.66. The highest BCUT2D eigenvalue weighted by molar-refractivity contribution is 5.85. The summed E-state index contributed by atoms with van der Waals surface area (Å²) in [5.41, 5.74) is 0. The van der Waals surface area contributed by atoms with Crippen molar-refractivity contribution in [1.29, 1.82) is 0 Å². The second kappa shape index (κ2) is 8.00. The van der Waals surface area contributed by atoms with Gasteiger partial charge in [-0.15, -0.1) is 12.4 Å². The molecule has 1 amide bonds. The standard InChI is InChI=1S/C14H26N2O.ClH/c1-12-4-2-3-11-16(12)14(17)6-5-13-7-9-15-10-8-13;/h12-13,15H,2-11H2,1H3;1H. The zero-order chi connectivity index (χ0) is 12.1. The van der Waals surface area contributed by atoms with Crippen LogP contribution in [-0.4, -0.2) is 36.5 Å². The third kappa shape index (κ3) is 4.43. The summed E-state index contributed by atoms with van der Waals surface area (Å²) in [5.74, 6) is 1.18. The molecule has 2 heterocycles. The van der Waals surface area contributed by atoms with Gasteiger partial charge in [0.15, 0.2) is 0 Å². The number of piperidine rings is 2. The molecule has 0 aromatic heterocycles. The van der Waals surface area contributed by atoms with E-state index in [0.717, 1.165) is 38.4 Å². The summed E-state index contributed by atoms with van der Waals surface area (Å²) in [5, 5.41) is 3.38. The Kier molecular flexibility index (Phi) is 7.02. The van der Waals surface area contributed by atoms with Gasteiger partial charge in [0, 0.05) is 19.0 Å². The summed E-state index contributed by atoms with van der Waals surface area (Å²) in [6.07, 6.45) is 8.06. The number of halogens is 1. The summed E-state index contributed by atoms with van der Waals surface area (Å²) >= 11 is 0. The summed E-state index contributed by atoms with van der Waals surface area (Å²) in [4.78, 5) is 14.3. The van der Waals surface area contributed by atoms with Crippen molar-refractivity contribution in [3.63, 3.8) is 0 Å². The molecule has 18 heavy (non-hydrogen) atoms. The number of nitrogens with zero attached hydrogens (tertiary/aromatic N) is 1. The zero-order valence-electron chi connectivity index (χ0n) is 11.5. The van der Waals surface area contributed by atoms with E-state index in [1.54, 1.807) is 0 Å². The normalized spacial score (nSPS) is 25.6. The van der Waals surface area contributed by atoms with E-state index >= 15 is 0 Å². The van der Waals surface area contributed by atoms with Gasteiger partial charge in [0.05, 0.1) is 0 Å². The molecule has 1 N–H and O–H groups in total. The molecule has 2 saturated heterocycles. The van der Waals surface area contributed by atoms with Crippen LogP contribution in [0.25, 0.3) is 0 Å². The fourth-order valence-corrected chi connectivity index (χ4v) is 3.11. The Balaban J connectivity index is 0.00000162. The van der Waals surface area contributed by atoms with E-state index in [9.17, 15) is 4.79 Å². The lowest BCUT2D eigenvalue weighted by Crippen LogP contribution is -2.42. The predicted molar refractivity (Wildman–Crippen MR) is 77.1 cm³/mol. The number of carbonyl (C=O) groups excluding carboxylic acids is 1. The molecule has 0 saturated carbocycles. The number of amides is 1. The highest BCUT2D eigenvalue weighted by Crippen LogP contribution is 2.21. The molecule has 4 heteroatoms. The average Bonchev–Trinajstić information content (AvgIpc) is 2.38. The Bertz CT molecular complexity index is 254. The van der Waals surface area contributed by atoms with E-state index in [4.69, 9.17) is 0 Å². The molecule has 2 fully saturated rings. The van der Waals surface area contributed by atoms with Gasteiger partial charge in [-0.05, 0) is 64.5 Å². The lowest BCUT2D eigenvalue weighted by molar-refractivity contribution is -0.134. The Morgan fingerprint density at radius 2 is 1.94 bits per heavy atom. The molecule has 3 nitrogen and oxygen atoms in total. The van der Waals surface area contributed by atoms with Crippen LogP contribution in [0.1, 0.15) is 51.9 Å². The van der Waals surface area contributed by atoms with Crippen molar-refractivity contribution < 1.29 is 4.79 Å². The van der Waals surface area contributed by atoms with Crippen molar-refractivity contribution in [1.82, 2.24) is 10.2 Å². The highest BCUT2D eigenvalue weighted by atomic mass is 35.5. The summed E-state index contributed by atoms with van der Waals surface area (Å²) in [7, 11) is 0. The first kappa shape index (κ1) is 15.8. The Morgan fingerprint density at radius 1 is 1.22 bits per heavy atom. The van der Waals surface area contributed by atoms with Gasteiger partial charge in [0.25, 0.3) is 0 Å². The van der Waals surface area contributed by atoms with Crippen LogP contribution >= 0.6 is 12.4 Å². The van der Waals surface area contributed by atoms with E-state index in [1.165, 1.54) is 32.1 Å². The lowest BCUT2D eigenvalue weighted by atomic mass is 9.92. The van der Waals surface area contributed by atoms with Gasteiger partial charge in [-0.1, -0.05) is 0 Å². The third-order valence-corrected chi connectivity index (χ3v) is 4.35. The molecule has 0 aromatic carbocycles. The van der Waals surface area contributed by atoms with Crippen LogP contribution in [0.15, 0.2) is 0 Å². The monoisotopic (exact) mass is 274 g/mol. The minimum Gasteiger partial charge on any atom is -0.340 e. The van der Waals surface area contributed by atoms with Gasteiger partial charge in [-0.25, -0.2) is 0 Å². The van der Waals surface area contributed by atoms with Gasteiger partial charge < -0.3 is 10.2 Å². The molecule has 2 aliphatic heterocycles. The van der Waals surface area contributed by atoms with Gasteiger partial charge in [-0.2, -0.15) is 0 Å². The van der Waals surface area contributed by atoms with Crippen molar-refractivity contribution in [2.45, 2.75) is 57.9 Å². The van der Waals surface area contributed by atoms with Crippen LogP contribution in [-0.2, 0) is 4.79 Å². The second-order valence-corrected chi connectivity index (χ2v) is 5.66. The van der Waals surface area contributed by atoms with E-state index < -0.39 is 0 Å². The minimum atomic E-state index is 0. The summed E-state index contributed by atoms with van der Waals surface area (Å²) in [6, 6.07) is 0.476. The van der Waals surface area contributed by atoms with E-state index in [0.29, 0.717) is 11.9 Å². The molecule has 0 aromatic rings. The van der Waals surface area contributed by atoms with Gasteiger partial charge >= 0.3 is 0 Å². The topological polar surface area (TPSA) is 32.3 Å². The molecule has 1 unspecified atom stereocenters. The molecular formula is C14H27ClN2O. The lowest BCUT2D eigenvalue weighted by Gasteiger charge is -2.34. The number of nitrogens with one attached hydrogen (secondary N) is 1. The minimum absolute atomic E-state index is 0. The molecule has 2 aliphatic rings. The molecule has 1 atom stereocenters. The fraction of sp³-hybridized carbons (Fsp3) is 0.929. The first-order valence-electron chi connectivity index (χ1n) is 7.27. The molecule has 2 rings (SSSR count). The Hall–Kier alpha value is -0.280. The van der Waals surface area contributed by atoms with Crippen molar-refractivity contribution in [2.75, 3.05) is 19.6 Å². The fourth-order valence-electron chi connectivity index (χ4n) is 3.11.